The average molecular weight is 253 g/mol. The van der Waals surface area contributed by atoms with E-state index in [1.165, 1.54) is 21.9 Å². The standard InChI is InChI=1S/C16H15NO2/c1-10-4-2-5-12-13-6-3-7-14(16(13)17-15(10)12)19-9-11-8-18-11/h2-7,11,17H,8-9H2,1H3. The molecule has 1 fully saturated rings. The summed E-state index contributed by atoms with van der Waals surface area (Å²) in [5, 5.41) is 2.47. The Morgan fingerprint density at radius 2 is 1.89 bits per heavy atom. The summed E-state index contributed by atoms with van der Waals surface area (Å²) >= 11 is 0. The van der Waals surface area contributed by atoms with Crippen LogP contribution < -0.4 is 4.74 Å². The zero-order chi connectivity index (χ0) is 12.8. The van der Waals surface area contributed by atoms with Gasteiger partial charge in [-0.25, -0.2) is 0 Å². The van der Waals surface area contributed by atoms with Crippen molar-refractivity contribution in [3.05, 3.63) is 42.0 Å². The summed E-state index contributed by atoms with van der Waals surface area (Å²) < 4.78 is 11.0. The monoisotopic (exact) mass is 253 g/mol. The number of benzene rings is 2. The molecule has 1 aliphatic rings. The maximum atomic E-state index is 5.86. The Morgan fingerprint density at radius 3 is 2.68 bits per heavy atom. The van der Waals surface area contributed by atoms with E-state index in [2.05, 4.69) is 36.2 Å². The van der Waals surface area contributed by atoms with Crippen LogP contribution in [0.5, 0.6) is 5.75 Å². The van der Waals surface area contributed by atoms with Crippen molar-refractivity contribution >= 4 is 21.8 Å². The first-order valence-electron chi connectivity index (χ1n) is 6.57. The van der Waals surface area contributed by atoms with Crippen molar-refractivity contribution < 1.29 is 9.47 Å². The van der Waals surface area contributed by atoms with Crippen molar-refractivity contribution in [2.45, 2.75) is 13.0 Å². The van der Waals surface area contributed by atoms with E-state index in [1.807, 2.05) is 12.1 Å². The van der Waals surface area contributed by atoms with Crippen LogP contribution in [-0.4, -0.2) is 24.3 Å². The largest absolute Gasteiger partial charge is 0.489 e. The van der Waals surface area contributed by atoms with Gasteiger partial charge >= 0.3 is 0 Å². The number of H-pyrrole nitrogens is 1. The molecule has 0 bridgehead atoms. The number of aromatic amines is 1. The highest BCUT2D eigenvalue weighted by atomic mass is 16.6. The summed E-state index contributed by atoms with van der Waals surface area (Å²) in [4.78, 5) is 3.49. The zero-order valence-electron chi connectivity index (χ0n) is 10.8. The number of epoxide rings is 1. The first kappa shape index (κ1) is 10.9. The number of fused-ring (bicyclic) bond motifs is 3. The lowest BCUT2D eigenvalue weighted by Gasteiger charge is -2.04. The van der Waals surface area contributed by atoms with Gasteiger partial charge in [0.1, 0.15) is 18.5 Å². The van der Waals surface area contributed by atoms with Gasteiger partial charge in [0.2, 0.25) is 0 Å². The van der Waals surface area contributed by atoms with Crippen molar-refractivity contribution in [2.75, 3.05) is 13.2 Å². The number of rotatable bonds is 3. The van der Waals surface area contributed by atoms with Gasteiger partial charge in [0, 0.05) is 16.3 Å². The van der Waals surface area contributed by atoms with Gasteiger partial charge in [-0.15, -0.1) is 0 Å². The van der Waals surface area contributed by atoms with Crippen molar-refractivity contribution in [2.24, 2.45) is 0 Å². The molecule has 3 aromatic rings. The fourth-order valence-electron chi connectivity index (χ4n) is 2.53. The fraction of sp³-hybridized carbons (Fsp3) is 0.250. The maximum absolute atomic E-state index is 5.86. The van der Waals surface area contributed by atoms with Gasteiger partial charge in [-0.05, 0) is 18.6 Å². The van der Waals surface area contributed by atoms with Gasteiger partial charge in [-0.3, -0.25) is 0 Å². The van der Waals surface area contributed by atoms with E-state index >= 15 is 0 Å². The van der Waals surface area contributed by atoms with Crippen LogP contribution in [-0.2, 0) is 4.74 Å². The topological polar surface area (TPSA) is 37.5 Å². The van der Waals surface area contributed by atoms with Crippen LogP contribution in [0.4, 0.5) is 0 Å². The number of aromatic nitrogens is 1. The molecule has 1 saturated heterocycles. The van der Waals surface area contributed by atoms with Crippen LogP contribution in [0.25, 0.3) is 21.8 Å². The van der Waals surface area contributed by atoms with Crippen molar-refractivity contribution in [1.29, 1.82) is 0 Å². The molecule has 0 spiro atoms. The van der Waals surface area contributed by atoms with E-state index in [4.69, 9.17) is 9.47 Å². The highest BCUT2D eigenvalue weighted by Gasteiger charge is 2.23. The number of aryl methyl sites for hydroxylation is 1. The molecule has 4 rings (SSSR count). The molecule has 2 aromatic carbocycles. The Morgan fingerprint density at radius 1 is 1.16 bits per heavy atom. The van der Waals surface area contributed by atoms with E-state index in [0.29, 0.717) is 6.61 Å². The van der Waals surface area contributed by atoms with Crippen LogP contribution in [0.2, 0.25) is 0 Å². The molecule has 3 nitrogen and oxygen atoms in total. The van der Waals surface area contributed by atoms with Crippen molar-refractivity contribution in [3.63, 3.8) is 0 Å². The van der Waals surface area contributed by atoms with Gasteiger partial charge in [-0.2, -0.15) is 0 Å². The summed E-state index contributed by atoms with van der Waals surface area (Å²) in [6, 6.07) is 12.5. The Hall–Kier alpha value is -2.00. The molecular formula is C16H15NO2. The van der Waals surface area contributed by atoms with Crippen molar-refractivity contribution in [3.8, 4) is 5.75 Å². The summed E-state index contributed by atoms with van der Waals surface area (Å²) in [5.74, 6) is 0.906. The third-order valence-electron chi connectivity index (χ3n) is 3.67. The number of para-hydroxylation sites is 2. The maximum Gasteiger partial charge on any atom is 0.143 e. The molecular weight excluding hydrogens is 238 g/mol. The zero-order valence-corrected chi connectivity index (χ0v) is 10.8. The van der Waals surface area contributed by atoms with E-state index < -0.39 is 0 Å². The van der Waals surface area contributed by atoms with Gasteiger partial charge < -0.3 is 14.5 Å². The Labute approximate surface area is 111 Å². The molecule has 1 atom stereocenters. The molecule has 1 aromatic heterocycles. The van der Waals surface area contributed by atoms with Gasteiger partial charge in [0.25, 0.3) is 0 Å². The molecule has 1 unspecified atom stereocenters. The first-order chi connectivity index (χ1) is 9.33. The van der Waals surface area contributed by atoms with E-state index in [0.717, 1.165) is 17.9 Å². The molecule has 0 amide bonds. The second kappa shape index (κ2) is 4.00. The molecule has 2 heterocycles. The second-order valence-electron chi connectivity index (χ2n) is 5.07. The minimum absolute atomic E-state index is 0.279. The fourth-order valence-corrected chi connectivity index (χ4v) is 2.53. The van der Waals surface area contributed by atoms with Gasteiger partial charge in [-0.1, -0.05) is 30.3 Å². The lowest BCUT2D eigenvalue weighted by Crippen LogP contribution is -2.04. The van der Waals surface area contributed by atoms with Crippen LogP contribution in [0.1, 0.15) is 5.56 Å². The molecule has 19 heavy (non-hydrogen) atoms. The van der Waals surface area contributed by atoms with E-state index in [9.17, 15) is 0 Å². The van der Waals surface area contributed by atoms with Crippen molar-refractivity contribution in [1.82, 2.24) is 4.98 Å². The first-order valence-corrected chi connectivity index (χ1v) is 6.57. The minimum Gasteiger partial charge on any atom is -0.489 e. The highest BCUT2D eigenvalue weighted by molar-refractivity contribution is 6.10. The highest BCUT2D eigenvalue weighted by Crippen LogP contribution is 2.33. The summed E-state index contributed by atoms with van der Waals surface area (Å²) in [6.45, 7) is 3.57. The summed E-state index contributed by atoms with van der Waals surface area (Å²) in [6.07, 6.45) is 0.279. The quantitative estimate of drug-likeness (QED) is 0.726. The van der Waals surface area contributed by atoms with Crippen LogP contribution >= 0.6 is 0 Å². The van der Waals surface area contributed by atoms with E-state index in [-0.39, 0.29) is 6.10 Å². The molecule has 0 aliphatic carbocycles. The predicted octanol–water partition coefficient (Wildman–Crippen LogP) is 3.41. The Kier molecular flexibility index (Phi) is 2.29. The second-order valence-corrected chi connectivity index (χ2v) is 5.07. The van der Waals surface area contributed by atoms with E-state index in [1.54, 1.807) is 0 Å². The molecule has 0 radical (unpaired) electrons. The summed E-state index contributed by atoms with van der Waals surface area (Å²) in [7, 11) is 0. The van der Waals surface area contributed by atoms with Crippen LogP contribution in [0.15, 0.2) is 36.4 Å². The molecule has 96 valence electrons. The third kappa shape index (κ3) is 1.78. The normalized spacial score (nSPS) is 18.1. The number of hydrogen-bond acceptors (Lipinski definition) is 2. The molecule has 1 N–H and O–H groups in total. The lowest BCUT2D eigenvalue weighted by molar-refractivity contribution is 0.265. The van der Waals surface area contributed by atoms with Crippen LogP contribution in [0, 0.1) is 6.92 Å². The smallest absolute Gasteiger partial charge is 0.143 e. The molecule has 3 heteroatoms. The summed E-state index contributed by atoms with van der Waals surface area (Å²) in [5.41, 5.74) is 3.52. The number of hydrogen-bond donors (Lipinski definition) is 1. The minimum atomic E-state index is 0.279. The SMILES string of the molecule is Cc1cccc2c1[nH]c1c(OCC3CO3)cccc12. The van der Waals surface area contributed by atoms with Gasteiger partial charge in [0.15, 0.2) is 0 Å². The molecule has 0 saturated carbocycles. The van der Waals surface area contributed by atoms with Crippen LogP contribution in [0.3, 0.4) is 0 Å². The van der Waals surface area contributed by atoms with Gasteiger partial charge in [0.05, 0.1) is 12.1 Å². The third-order valence-corrected chi connectivity index (χ3v) is 3.67. The number of ether oxygens (including phenoxy) is 2. The predicted molar refractivity (Wildman–Crippen MR) is 75.8 cm³/mol. The lowest BCUT2D eigenvalue weighted by atomic mass is 10.1. The number of nitrogens with one attached hydrogen (secondary N) is 1. The Bertz CT molecular complexity index is 756. The molecule has 1 aliphatic heterocycles. The average Bonchev–Trinajstić information content (AvgIpc) is 3.17. The Balaban J connectivity index is 1.89.